The van der Waals surface area contributed by atoms with Gasteiger partial charge in [0.15, 0.2) is 0 Å². The summed E-state index contributed by atoms with van der Waals surface area (Å²) in [5, 5.41) is 0. The van der Waals surface area contributed by atoms with Crippen LogP contribution in [-0.2, 0) is 6.42 Å². The number of benzene rings is 1. The maximum Gasteiger partial charge on any atom is 0.0443 e. The molecule has 0 radical (unpaired) electrons. The molecule has 0 aromatic heterocycles. The first kappa shape index (κ1) is 15.6. The number of para-hydroxylation sites is 1. The fourth-order valence-corrected chi connectivity index (χ4v) is 2.90. The number of allylic oxidation sites excluding steroid dienone is 5. The molecule has 2 rings (SSSR count). The third-order valence-corrected chi connectivity index (χ3v) is 3.84. The molecule has 0 bridgehead atoms. The quantitative estimate of drug-likeness (QED) is 0.877. The number of aryl methyl sites for hydroxylation is 1. The van der Waals surface area contributed by atoms with Gasteiger partial charge in [-0.1, -0.05) is 36.4 Å². The fraction of sp³-hybridized carbons (Fsp3) is 0.368. The monoisotopic (exact) mass is 282 g/mol. The molecule has 0 aliphatic carbocycles. The van der Waals surface area contributed by atoms with E-state index in [4.69, 9.17) is 5.73 Å². The molecule has 0 amide bonds. The molecule has 2 heteroatoms. The van der Waals surface area contributed by atoms with Crippen LogP contribution in [0.25, 0.3) is 0 Å². The van der Waals surface area contributed by atoms with Crippen LogP contribution in [0, 0.1) is 0 Å². The summed E-state index contributed by atoms with van der Waals surface area (Å²) in [6.07, 6.45) is 11.9. The van der Waals surface area contributed by atoms with Crippen LogP contribution in [0.1, 0.15) is 32.3 Å². The lowest BCUT2D eigenvalue weighted by molar-refractivity contribution is 0.799. The molecule has 112 valence electrons. The number of nitrogens with two attached hydrogens (primary N) is 1. The maximum absolute atomic E-state index is 5.74. The van der Waals surface area contributed by atoms with E-state index in [9.17, 15) is 0 Å². The van der Waals surface area contributed by atoms with Gasteiger partial charge in [0.1, 0.15) is 0 Å². The van der Waals surface area contributed by atoms with Crippen molar-refractivity contribution in [1.82, 2.24) is 0 Å². The predicted molar refractivity (Wildman–Crippen MR) is 92.4 cm³/mol. The van der Waals surface area contributed by atoms with Crippen molar-refractivity contribution in [3.05, 3.63) is 65.4 Å². The van der Waals surface area contributed by atoms with Gasteiger partial charge in [0, 0.05) is 17.9 Å². The van der Waals surface area contributed by atoms with E-state index in [0.717, 1.165) is 32.4 Å². The molecule has 0 atom stereocenters. The molecular formula is C19H26N2. The van der Waals surface area contributed by atoms with Crippen molar-refractivity contribution in [1.29, 1.82) is 0 Å². The molecule has 1 aromatic rings. The topological polar surface area (TPSA) is 29.3 Å². The molecule has 0 saturated heterocycles. The van der Waals surface area contributed by atoms with Gasteiger partial charge in [0.2, 0.25) is 0 Å². The van der Waals surface area contributed by atoms with E-state index in [2.05, 4.69) is 67.3 Å². The third-order valence-electron chi connectivity index (χ3n) is 3.84. The lowest BCUT2D eigenvalue weighted by atomic mass is 10.0. The van der Waals surface area contributed by atoms with Crippen LogP contribution in [0.5, 0.6) is 0 Å². The Hall–Kier alpha value is -1.80. The molecule has 1 aromatic carbocycles. The van der Waals surface area contributed by atoms with Crippen molar-refractivity contribution in [2.24, 2.45) is 5.73 Å². The van der Waals surface area contributed by atoms with E-state index >= 15 is 0 Å². The summed E-state index contributed by atoms with van der Waals surface area (Å²) in [5.74, 6) is 0. The molecular weight excluding hydrogens is 256 g/mol. The van der Waals surface area contributed by atoms with E-state index in [0.29, 0.717) is 0 Å². The average Bonchev–Trinajstić information content (AvgIpc) is 2.65. The molecule has 0 unspecified atom stereocenters. The second-order valence-corrected chi connectivity index (χ2v) is 5.33. The number of hydrogen-bond acceptors (Lipinski definition) is 2. The Balaban J connectivity index is 2.52. The first-order chi connectivity index (χ1) is 10.3. The minimum Gasteiger partial charge on any atom is -0.341 e. The highest BCUT2D eigenvalue weighted by atomic mass is 15.1. The SMILES string of the molecule is C/C=C\C1=C(/C=C\C)N(CCCN)c2ccccc2CC1. The van der Waals surface area contributed by atoms with E-state index < -0.39 is 0 Å². The van der Waals surface area contributed by atoms with Gasteiger partial charge in [0.25, 0.3) is 0 Å². The number of nitrogens with zero attached hydrogens (tertiary/aromatic N) is 1. The summed E-state index contributed by atoms with van der Waals surface area (Å²) in [6.45, 7) is 5.86. The minimum atomic E-state index is 0.723. The van der Waals surface area contributed by atoms with Gasteiger partial charge in [-0.3, -0.25) is 0 Å². The smallest absolute Gasteiger partial charge is 0.0443 e. The van der Waals surface area contributed by atoms with Crippen LogP contribution < -0.4 is 10.6 Å². The van der Waals surface area contributed by atoms with E-state index in [1.165, 1.54) is 22.5 Å². The summed E-state index contributed by atoms with van der Waals surface area (Å²) in [7, 11) is 0. The Morgan fingerprint density at radius 1 is 1.10 bits per heavy atom. The highest BCUT2D eigenvalue weighted by molar-refractivity contribution is 5.63. The zero-order valence-electron chi connectivity index (χ0n) is 13.2. The number of fused-ring (bicyclic) bond motifs is 1. The second kappa shape index (κ2) is 7.84. The molecule has 1 aliphatic rings. The second-order valence-electron chi connectivity index (χ2n) is 5.33. The molecule has 2 N–H and O–H groups in total. The molecule has 1 heterocycles. The highest BCUT2D eigenvalue weighted by Gasteiger charge is 2.19. The largest absolute Gasteiger partial charge is 0.341 e. The van der Waals surface area contributed by atoms with Crippen LogP contribution in [0.2, 0.25) is 0 Å². The highest BCUT2D eigenvalue weighted by Crippen LogP contribution is 2.33. The van der Waals surface area contributed by atoms with Crippen LogP contribution in [0.3, 0.4) is 0 Å². The zero-order valence-corrected chi connectivity index (χ0v) is 13.2. The number of hydrogen-bond donors (Lipinski definition) is 1. The Morgan fingerprint density at radius 2 is 1.86 bits per heavy atom. The molecule has 21 heavy (non-hydrogen) atoms. The Labute approximate surface area is 128 Å². The van der Waals surface area contributed by atoms with Crippen molar-refractivity contribution in [2.45, 2.75) is 33.1 Å². The van der Waals surface area contributed by atoms with Gasteiger partial charge >= 0.3 is 0 Å². The van der Waals surface area contributed by atoms with Gasteiger partial charge in [0.05, 0.1) is 0 Å². The third kappa shape index (κ3) is 3.64. The van der Waals surface area contributed by atoms with Crippen LogP contribution in [0.15, 0.2) is 59.8 Å². The van der Waals surface area contributed by atoms with Gasteiger partial charge in [-0.05, 0) is 62.9 Å². The summed E-state index contributed by atoms with van der Waals surface area (Å²) in [5.41, 5.74) is 11.2. The Kier molecular flexibility index (Phi) is 5.82. The lowest BCUT2D eigenvalue weighted by Crippen LogP contribution is -2.25. The molecule has 0 saturated carbocycles. The van der Waals surface area contributed by atoms with Crippen molar-refractivity contribution in [3.8, 4) is 0 Å². The summed E-state index contributed by atoms with van der Waals surface area (Å²) < 4.78 is 0. The van der Waals surface area contributed by atoms with E-state index in [1.54, 1.807) is 0 Å². The van der Waals surface area contributed by atoms with Crippen molar-refractivity contribution < 1.29 is 0 Å². The Morgan fingerprint density at radius 3 is 2.57 bits per heavy atom. The van der Waals surface area contributed by atoms with Crippen molar-refractivity contribution in [2.75, 3.05) is 18.0 Å². The van der Waals surface area contributed by atoms with Crippen LogP contribution in [0.4, 0.5) is 5.69 Å². The van der Waals surface area contributed by atoms with Gasteiger partial charge < -0.3 is 10.6 Å². The van der Waals surface area contributed by atoms with E-state index in [-0.39, 0.29) is 0 Å². The van der Waals surface area contributed by atoms with Gasteiger partial charge in [-0.15, -0.1) is 0 Å². The van der Waals surface area contributed by atoms with Crippen LogP contribution in [-0.4, -0.2) is 13.1 Å². The molecule has 1 aliphatic heterocycles. The molecule has 0 spiro atoms. The summed E-state index contributed by atoms with van der Waals surface area (Å²) in [6, 6.07) is 8.74. The number of anilines is 1. The predicted octanol–water partition coefficient (Wildman–Crippen LogP) is 4.19. The normalized spacial score (nSPS) is 15.9. The first-order valence-corrected chi connectivity index (χ1v) is 7.85. The average molecular weight is 282 g/mol. The first-order valence-electron chi connectivity index (χ1n) is 7.85. The standard InChI is InChI=1S/C19H26N2/c1-3-8-16-12-13-17-10-5-6-11-19(17)21(15-7-14-20)18(16)9-4-2/h3-6,8-11H,7,12-15,20H2,1-2H3/b8-3-,9-4-. The number of rotatable bonds is 5. The molecule has 2 nitrogen and oxygen atoms in total. The summed E-state index contributed by atoms with van der Waals surface area (Å²) >= 11 is 0. The van der Waals surface area contributed by atoms with Crippen LogP contribution >= 0.6 is 0 Å². The van der Waals surface area contributed by atoms with Crippen molar-refractivity contribution >= 4 is 5.69 Å². The summed E-state index contributed by atoms with van der Waals surface area (Å²) in [4.78, 5) is 2.44. The minimum absolute atomic E-state index is 0.723. The van der Waals surface area contributed by atoms with Crippen molar-refractivity contribution in [3.63, 3.8) is 0 Å². The van der Waals surface area contributed by atoms with Gasteiger partial charge in [-0.25, -0.2) is 0 Å². The zero-order chi connectivity index (χ0) is 15.1. The Bertz CT molecular complexity index is 552. The maximum atomic E-state index is 5.74. The van der Waals surface area contributed by atoms with E-state index in [1.807, 2.05) is 0 Å². The lowest BCUT2D eigenvalue weighted by Gasteiger charge is -2.27. The fourth-order valence-electron chi connectivity index (χ4n) is 2.90. The molecule has 0 fully saturated rings. The van der Waals surface area contributed by atoms with Gasteiger partial charge in [-0.2, -0.15) is 0 Å².